The molecule has 14 heteroatoms. The molecule has 1 saturated heterocycles. The number of halogens is 3. The van der Waals surface area contributed by atoms with E-state index >= 15 is 0 Å². The van der Waals surface area contributed by atoms with E-state index in [9.17, 15) is 14.4 Å². The van der Waals surface area contributed by atoms with Crippen LogP contribution in [-0.4, -0.2) is 70.0 Å². The molecule has 0 radical (unpaired) electrons. The van der Waals surface area contributed by atoms with Crippen LogP contribution in [0.15, 0.2) is 71.9 Å². The highest BCUT2D eigenvalue weighted by atomic mass is 35.5. The van der Waals surface area contributed by atoms with Gasteiger partial charge < -0.3 is 16.0 Å². The smallest absolute Gasteiger partial charge is 0.247 e. The highest BCUT2D eigenvalue weighted by molar-refractivity contribution is 6.31. The zero-order valence-electron chi connectivity index (χ0n) is 22.7. The van der Waals surface area contributed by atoms with Gasteiger partial charge in [0.1, 0.15) is 19.1 Å². The largest absolute Gasteiger partial charge is 0.398 e. The van der Waals surface area contributed by atoms with Crippen molar-refractivity contribution in [1.82, 2.24) is 19.9 Å². The molecule has 1 aliphatic rings. The first-order valence-electron chi connectivity index (χ1n) is 13.0. The molecule has 0 bridgehead atoms. The number of nitrogens with two attached hydrogens (primary N) is 1. The Hall–Kier alpha value is -4.45. The van der Waals surface area contributed by atoms with Gasteiger partial charge in [0, 0.05) is 46.7 Å². The van der Waals surface area contributed by atoms with Gasteiger partial charge in [-0.05, 0) is 54.1 Å². The number of carbonyl (C=O) groups excluding carboxylic acids is 3. The van der Waals surface area contributed by atoms with Gasteiger partial charge in [0.05, 0.1) is 17.6 Å². The van der Waals surface area contributed by atoms with Crippen molar-refractivity contribution >= 4 is 75.8 Å². The van der Waals surface area contributed by atoms with Gasteiger partial charge in [0.2, 0.25) is 17.7 Å². The normalized spacial score (nSPS) is 14.4. The number of piperazine rings is 1. The number of hydrogen-bond acceptors (Lipinski definition) is 7. The summed E-state index contributed by atoms with van der Waals surface area (Å²) < 4.78 is 1.39. The molecule has 0 aliphatic carbocycles. The molecular weight excluding hydrogens is 615 g/mol. The number of amides is 3. The minimum Gasteiger partial charge on any atom is -0.398 e. The van der Waals surface area contributed by atoms with Crippen molar-refractivity contribution in [2.24, 2.45) is 4.99 Å². The molecule has 5 rings (SSSR count). The van der Waals surface area contributed by atoms with Crippen LogP contribution in [0.4, 0.5) is 17.1 Å². The Labute approximate surface area is 261 Å². The first-order chi connectivity index (χ1) is 20.6. The van der Waals surface area contributed by atoms with Gasteiger partial charge in [-0.2, -0.15) is 0 Å². The van der Waals surface area contributed by atoms with Crippen LogP contribution in [0, 0.1) is 0 Å². The second-order valence-corrected chi connectivity index (χ2v) is 10.9. The molecule has 0 spiro atoms. The SMILES string of the molecule is CN=Cc1cc(NC(=O)C(Cc2ccc(Cl)cc2)N2CC(=O)N(c3cc(Cl)ccc3-n3cc(Cl)nn3)CC2=O)ccc1N. The number of aromatic nitrogens is 3. The third-order valence-corrected chi connectivity index (χ3v) is 7.46. The molecule has 1 fully saturated rings. The Morgan fingerprint density at radius 2 is 1.74 bits per heavy atom. The number of anilines is 3. The molecule has 3 N–H and O–H groups in total. The van der Waals surface area contributed by atoms with Crippen molar-refractivity contribution < 1.29 is 14.4 Å². The van der Waals surface area contributed by atoms with Crippen LogP contribution in [-0.2, 0) is 20.8 Å². The fourth-order valence-corrected chi connectivity index (χ4v) is 5.14. The van der Waals surface area contributed by atoms with Crippen molar-refractivity contribution in [3.8, 4) is 5.69 Å². The van der Waals surface area contributed by atoms with Gasteiger partial charge in [-0.25, -0.2) is 4.68 Å². The second-order valence-electron chi connectivity index (χ2n) is 9.69. The minimum atomic E-state index is -1.02. The fraction of sp³-hybridized carbons (Fsp3) is 0.172. The number of nitrogens with one attached hydrogen (secondary N) is 1. The van der Waals surface area contributed by atoms with Crippen LogP contribution in [0.5, 0.6) is 0 Å². The van der Waals surface area contributed by atoms with Gasteiger partial charge in [-0.15, -0.1) is 5.10 Å². The third-order valence-electron chi connectivity index (χ3n) is 6.80. The Bertz CT molecular complexity index is 1720. The van der Waals surface area contributed by atoms with Crippen molar-refractivity contribution in [2.75, 3.05) is 36.1 Å². The summed E-state index contributed by atoms with van der Waals surface area (Å²) in [4.78, 5) is 47.7. The molecule has 11 nitrogen and oxygen atoms in total. The first-order valence-corrected chi connectivity index (χ1v) is 14.1. The summed E-state index contributed by atoms with van der Waals surface area (Å²) in [7, 11) is 1.61. The van der Waals surface area contributed by atoms with E-state index in [0.29, 0.717) is 38.4 Å². The maximum atomic E-state index is 13.8. The monoisotopic (exact) mass is 638 g/mol. The Kier molecular flexibility index (Phi) is 8.95. The predicted molar refractivity (Wildman–Crippen MR) is 167 cm³/mol. The van der Waals surface area contributed by atoms with Gasteiger partial charge in [0.25, 0.3) is 0 Å². The molecular formula is C29H25Cl3N8O3. The highest BCUT2D eigenvalue weighted by Gasteiger charge is 2.39. The average Bonchev–Trinajstić information content (AvgIpc) is 3.41. The lowest BCUT2D eigenvalue weighted by molar-refractivity contribution is -0.143. The zero-order chi connectivity index (χ0) is 30.7. The van der Waals surface area contributed by atoms with Crippen LogP contribution in [0.3, 0.4) is 0 Å². The standard InChI is InChI=1S/C29H25Cl3N8O3/c1-34-13-18-11-21(7-8-22(18)33)35-29(43)25(10-17-2-4-19(30)5-3-17)39-16-27(41)38(15-28(39)42)24-12-20(31)6-9-23(24)40-14-26(32)36-37-40/h2-9,11-14,25H,10,15-16,33H2,1H3,(H,35,43). The number of nitrogens with zero attached hydrogens (tertiary/aromatic N) is 6. The van der Waals surface area contributed by atoms with E-state index in [-0.39, 0.29) is 24.7 Å². The van der Waals surface area contributed by atoms with Gasteiger partial charge in [-0.1, -0.05) is 52.1 Å². The summed E-state index contributed by atoms with van der Waals surface area (Å²) in [5, 5.41) is 11.7. The fourth-order valence-electron chi connectivity index (χ4n) is 4.72. The molecule has 4 aromatic rings. The molecule has 1 unspecified atom stereocenters. The molecule has 220 valence electrons. The van der Waals surface area contributed by atoms with Gasteiger partial charge >= 0.3 is 0 Å². The van der Waals surface area contributed by atoms with E-state index in [1.54, 1.807) is 73.9 Å². The molecule has 1 aliphatic heterocycles. The van der Waals surface area contributed by atoms with Crippen LogP contribution in [0.1, 0.15) is 11.1 Å². The van der Waals surface area contributed by atoms with Gasteiger partial charge in [-0.3, -0.25) is 24.3 Å². The van der Waals surface area contributed by atoms with Crippen molar-refractivity contribution in [3.05, 3.63) is 93.2 Å². The number of hydrogen-bond donors (Lipinski definition) is 2. The van der Waals surface area contributed by atoms with Crippen molar-refractivity contribution in [3.63, 3.8) is 0 Å². The lowest BCUT2D eigenvalue weighted by Crippen LogP contribution is -2.60. The average molecular weight is 640 g/mol. The van der Waals surface area contributed by atoms with E-state index in [1.165, 1.54) is 20.7 Å². The molecule has 2 heterocycles. The number of aliphatic imine (C=N–C) groups is 1. The Balaban J connectivity index is 1.45. The van der Waals surface area contributed by atoms with E-state index in [0.717, 1.165) is 5.56 Å². The van der Waals surface area contributed by atoms with E-state index in [2.05, 4.69) is 20.6 Å². The molecule has 3 aromatic carbocycles. The molecule has 1 aromatic heterocycles. The molecule has 43 heavy (non-hydrogen) atoms. The van der Waals surface area contributed by atoms with Gasteiger partial charge in [0.15, 0.2) is 5.15 Å². The predicted octanol–water partition coefficient (Wildman–Crippen LogP) is 4.28. The molecule has 1 atom stereocenters. The van der Waals surface area contributed by atoms with E-state index in [1.807, 2.05) is 0 Å². The summed E-state index contributed by atoms with van der Waals surface area (Å²) in [6, 6.07) is 15.7. The Morgan fingerprint density at radius 3 is 2.44 bits per heavy atom. The van der Waals surface area contributed by atoms with Crippen LogP contribution >= 0.6 is 34.8 Å². The van der Waals surface area contributed by atoms with Crippen molar-refractivity contribution in [2.45, 2.75) is 12.5 Å². The summed E-state index contributed by atoms with van der Waals surface area (Å²) in [6.07, 6.45) is 3.19. The van der Waals surface area contributed by atoms with Crippen LogP contribution in [0.2, 0.25) is 15.2 Å². The first kappa shape index (κ1) is 30.0. The summed E-state index contributed by atoms with van der Waals surface area (Å²) in [5.74, 6) is -1.33. The number of carbonyl (C=O) groups is 3. The third kappa shape index (κ3) is 6.80. The maximum Gasteiger partial charge on any atom is 0.247 e. The summed E-state index contributed by atoms with van der Waals surface area (Å²) in [5.41, 5.74) is 9.14. The Morgan fingerprint density at radius 1 is 1.00 bits per heavy atom. The summed E-state index contributed by atoms with van der Waals surface area (Å²) in [6.45, 7) is -0.692. The van der Waals surface area contributed by atoms with E-state index in [4.69, 9.17) is 40.5 Å². The highest BCUT2D eigenvalue weighted by Crippen LogP contribution is 2.30. The topological polar surface area (TPSA) is 139 Å². The number of rotatable bonds is 8. The lowest BCUT2D eigenvalue weighted by Gasteiger charge is -2.38. The molecule has 3 amide bonds. The molecule has 0 saturated carbocycles. The van der Waals surface area contributed by atoms with E-state index < -0.39 is 23.8 Å². The lowest BCUT2D eigenvalue weighted by atomic mass is 10.0. The second kappa shape index (κ2) is 12.8. The van der Waals surface area contributed by atoms with Crippen LogP contribution in [0.25, 0.3) is 5.69 Å². The van der Waals surface area contributed by atoms with Crippen molar-refractivity contribution in [1.29, 1.82) is 0 Å². The summed E-state index contributed by atoms with van der Waals surface area (Å²) >= 11 is 18.3. The zero-order valence-corrected chi connectivity index (χ0v) is 25.0. The quantitative estimate of drug-likeness (QED) is 0.218. The van der Waals surface area contributed by atoms with Crippen LogP contribution < -0.4 is 16.0 Å². The number of benzene rings is 3. The maximum absolute atomic E-state index is 13.8. The minimum absolute atomic E-state index is 0.139. The number of nitrogen functional groups attached to an aromatic ring is 1.